The molecule has 0 bridgehead atoms. The highest BCUT2D eigenvalue weighted by Gasteiger charge is 2.20. The maximum Gasteiger partial charge on any atom is 0.241 e. The fourth-order valence-electron chi connectivity index (χ4n) is 2.06. The van der Waals surface area contributed by atoms with E-state index < -0.39 is 10.0 Å². The molecule has 0 spiro atoms. The highest BCUT2D eigenvalue weighted by molar-refractivity contribution is 7.89. The summed E-state index contributed by atoms with van der Waals surface area (Å²) in [7, 11) is -2.17. The Balaban J connectivity index is 2.27. The van der Waals surface area contributed by atoms with Crippen molar-refractivity contribution in [2.24, 2.45) is 0 Å². The Morgan fingerprint density at radius 2 is 2.00 bits per heavy atom. The van der Waals surface area contributed by atoms with Crippen LogP contribution in [-0.2, 0) is 16.6 Å². The van der Waals surface area contributed by atoms with Crippen LogP contribution in [0.2, 0.25) is 5.02 Å². The van der Waals surface area contributed by atoms with Crippen molar-refractivity contribution in [3.63, 3.8) is 0 Å². The number of methoxy groups -OCH3 is 1. The number of hydrogen-bond acceptors (Lipinski definition) is 5. The summed E-state index contributed by atoms with van der Waals surface area (Å²) in [6, 6.07) is 3.02. The van der Waals surface area contributed by atoms with E-state index in [1.807, 2.05) is 13.8 Å². The lowest BCUT2D eigenvalue weighted by molar-refractivity contribution is 0.414. The van der Waals surface area contributed by atoms with Gasteiger partial charge in [0.1, 0.15) is 5.75 Å². The quantitative estimate of drug-likeness (QED) is 0.888. The molecule has 2 aromatic rings. The van der Waals surface area contributed by atoms with Crippen LogP contribution in [0.15, 0.2) is 17.0 Å². The zero-order chi connectivity index (χ0) is 16.5. The Labute approximate surface area is 139 Å². The summed E-state index contributed by atoms with van der Waals surface area (Å²) < 4.78 is 32.6. The van der Waals surface area contributed by atoms with Gasteiger partial charge in [-0.1, -0.05) is 11.6 Å². The number of aryl methyl sites for hydroxylation is 3. The molecule has 0 unspecified atom stereocenters. The van der Waals surface area contributed by atoms with Crippen LogP contribution < -0.4 is 9.46 Å². The molecule has 0 fully saturated rings. The molecule has 1 heterocycles. The number of nitrogens with zero attached hydrogens (tertiary/aromatic N) is 1. The van der Waals surface area contributed by atoms with Gasteiger partial charge in [0.05, 0.1) is 27.7 Å². The predicted octanol–water partition coefficient (Wildman–Crippen LogP) is 3.21. The minimum absolute atomic E-state index is 0.150. The van der Waals surface area contributed by atoms with Gasteiger partial charge in [-0.15, -0.1) is 11.3 Å². The molecular formula is C14H17ClN2O3S2. The second-order valence-electron chi connectivity index (χ2n) is 4.82. The van der Waals surface area contributed by atoms with E-state index in [4.69, 9.17) is 16.3 Å². The van der Waals surface area contributed by atoms with Crippen LogP contribution in [0.25, 0.3) is 0 Å². The van der Waals surface area contributed by atoms with E-state index in [1.165, 1.54) is 24.5 Å². The molecule has 1 aromatic heterocycles. The average Bonchev–Trinajstić information content (AvgIpc) is 2.76. The van der Waals surface area contributed by atoms with Crippen molar-refractivity contribution in [1.82, 2.24) is 9.71 Å². The molecule has 5 nitrogen and oxygen atoms in total. The van der Waals surface area contributed by atoms with Gasteiger partial charge in [0.15, 0.2) is 0 Å². The van der Waals surface area contributed by atoms with Gasteiger partial charge in [-0.2, -0.15) is 0 Å². The van der Waals surface area contributed by atoms with Gasteiger partial charge in [-0.05, 0) is 38.5 Å². The summed E-state index contributed by atoms with van der Waals surface area (Å²) in [6.45, 7) is 5.67. The second kappa shape index (κ2) is 6.54. The van der Waals surface area contributed by atoms with Crippen LogP contribution in [0.1, 0.15) is 21.1 Å². The van der Waals surface area contributed by atoms with Gasteiger partial charge >= 0.3 is 0 Å². The number of sulfonamides is 1. The second-order valence-corrected chi connectivity index (χ2v) is 8.25. The molecule has 0 aliphatic heterocycles. The molecule has 0 atom stereocenters. The first-order chi connectivity index (χ1) is 10.2. The van der Waals surface area contributed by atoms with Gasteiger partial charge in [0.25, 0.3) is 0 Å². The molecule has 0 aliphatic carbocycles. The van der Waals surface area contributed by atoms with Gasteiger partial charge in [-0.25, -0.2) is 18.1 Å². The first kappa shape index (κ1) is 17.2. The van der Waals surface area contributed by atoms with Crippen LogP contribution in [0.3, 0.4) is 0 Å². The maximum absolute atomic E-state index is 12.5. The van der Waals surface area contributed by atoms with Crippen molar-refractivity contribution in [1.29, 1.82) is 0 Å². The van der Waals surface area contributed by atoms with Crippen LogP contribution in [0.5, 0.6) is 5.75 Å². The Morgan fingerprint density at radius 3 is 2.55 bits per heavy atom. The SMILES string of the molecule is COc1cc(C)c(S(=O)(=O)NCc2sc(C)nc2C)cc1Cl. The Morgan fingerprint density at radius 1 is 1.32 bits per heavy atom. The standard InChI is InChI=1S/C14H17ClN2O3S2/c1-8-5-12(20-4)11(15)6-14(8)22(18,19)16-7-13-9(2)17-10(3)21-13/h5-6,16H,7H2,1-4H3. The summed E-state index contributed by atoms with van der Waals surface area (Å²) in [5.74, 6) is 0.451. The molecular weight excluding hydrogens is 344 g/mol. The maximum atomic E-state index is 12.5. The Bertz CT molecular complexity index is 801. The third-order valence-corrected chi connectivity index (χ3v) is 6.07. The largest absolute Gasteiger partial charge is 0.495 e. The molecule has 2 rings (SSSR count). The van der Waals surface area contributed by atoms with E-state index in [0.717, 1.165) is 15.6 Å². The summed E-state index contributed by atoms with van der Waals surface area (Å²) in [4.78, 5) is 5.34. The summed E-state index contributed by atoms with van der Waals surface area (Å²) in [5, 5.41) is 1.17. The monoisotopic (exact) mass is 360 g/mol. The zero-order valence-corrected chi connectivity index (χ0v) is 15.1. The van der Waals surface area contributed by atoms with Crippen LogP contribution in [-0.4, -0.2) is 20.5 Å². The van der Waals surface area contributed by atoms with Gasteiger partial charge < -0.3 is 4.74 Å². The molecule has 0 saturated heterocycles. The predicted molar refractivity (Wildman–Crippen MR) is 88.4 cm³/mol. The van der Waals surface area contributed by atoms with Gasteiger partial charge in [0.2, 0.25) is 10.0 Å². The Hall–Kier alpha value is -1.15. The van der Waals surface area contributed by atoms with E-state index in [0.29, 0.717) is 11.3 Å². The number of nitrogens with one attached hydrogen (secondary N) is 1. The minimum Gasteiger partial charge on any atom is -0.495 e. The molecule has 8 heteroatoms. The lowest BCUT2D eigenvalue weighted by Crippen LogP contribution is -2.24. The molecule has 1 aromatic carbocycles. The first-order valence-electron chi connectivity index (χ1n) is 6.51. The average molecular weight is 361 g/mol. The van der Waals surface area contributed by atoms with E-state index >= 15 is 0 Å². The topological polar surface area (TPSA) is 68.3 Å². The molecule has 22 heavy (non-hydrogen) atoms. The number of benzene rings is 1. The van der Waals surface area contributed by atoms with Crippen molar-refractivity contribution < 1.29 is 13.2 Å². The lowest BCUT2D eigenvalue weighted by atomic mass is 10.2. The highest BCUT2D eigenvalue weighted by atomic mass is 35.5. The smallest absolute Gasteiger partial charge is 0.241 e. The molecule has 0 saturated carbocycles. The molecule has 0 radical (unpaired) electrons. The van der Waals surface area contributed by atoms with Gasteiger partial charge in [0, 0.05) is 11.4 Å². The number of rotatable bonds is 5. The van der Waals surface area contributed by atoms with E-state index in [2.05, 4.69) is 9.71 Å². The first-order valence-corrected chi connectivity index (χ1v) is 9.19. The van der Waals surface area contributed by atoms with Crippen molar-refractivity contribution >= 4 is 33.0 Å². The number of ether oxygens (including phenoxy) is 1. The fraction of sp³-hybridized carbons (Fsp3) is 0.357. The van der Waals surface area contributed by atoms with Crippen LogP contribution in [0, 0.1) is 20.8 Å². The van der Waals surface area contributed by atoms with Crippen molar-refractivity contribution in [3.8, 4) is 5.75 Å². The number of aromatic nitrogens is 1. The van der Waals surface area contributed by atoms with Crippen molar-refractivity contribution in [3.05, 3.63) is 38.3 Å². The van der Waals surface area contributed by atoms with Crippen LogP contribution >= 0.6 is 22.9 Å². The fourth-order valence-corrected chi connectivity index (χ4v) is 4.58. The molecule has 0 amide bonds. The lowest BCUT2D eigenvalue weighted by Gasteiger charge is -2.11. The van der Waals surface area contributed by atoms with E-state index in [-0.39, 0.29) is 16.5 Å². The zero-order valence-electron chi connectivity index (χ0n) is 12.7. The van der Waals surface area contributed by atoms with Crippen LogP contribution in [0.4, 0.5) is 0 Å². The summed E-state index contributed by atoms with van der Waals surface area (Å²) in [6.07, 6.45) is 0. The normalized spacial score (nSPS) is 11.7. The number of hydrogen-bond donors (Lipinski definition) is 1. The molecule has 1 N–H and O–H groups in total. The summed E-state index contributed by atoms with van der Waals surface area (Å²) in [5.41, 5.74) is 1.42. The Kier molecular flexibility index (Phi) is 5.11. The molecule has 120 valence electrons. The molecule has 0 aliphatic rings. The number of thiazole rings is 1. The van der Waals surface area contributed by atoms with Crippen molar-refractivity contribution in [2.45, 2.75) is 32.2 Å². The summed E-state index contributed by atoms with van der Waals surface area (Å²) >= 11 is 7.51. The third-order valence-electron chi connectivity index (χ3n) is 3.16. The van der Waals surface area contributed by atoms with E-state index in [1.54, 1.807) is 13.0 Å². The minimum atomic E-state index is -3.66. The van der Waals surface area contributed by atoms with Gasteiger partial charge in [-0.3, -0.25) is 0 Å². The van der Waals surface area contributed by atoms with Crippen molar-refractivity contribution in [2.75, 3.05) is 7.11 Å². The number of halogens is 1. The highest BCUT2D eigenvalue weighted by Crippen LogP contribution is 2.30. The third kappa shape index (κ3) is 3.60. The van der Waals surface area contributed by atoms with E-state index in [9.17, 15) is 8.42 Å².